The maximum Gasteiger partial charge on any atom is 0.0593 e. The molecule has 0 N–H and O–H groups in total. The van der Waals surface area contributed by atoms with Gasteiger partial charge in [-0.25, -0.2) is 0 Å². The first-order valence-corrected chi connectivity index (χ1v) is 4.01. The van der Waals surface area contributed by atoms with Crippen molar-refractivity contribution in [2.75, 3.05) is 5.33 Å². The molecule has 50 valence electrons. The number of hydrogen-bond acceptors (Lipinski definition) is 1. The first-order chi connectivity index (χ1) is 4.33. The Morgan fingerprint density at radius 3 is 3.00 bits per heavy atom. The summed E-state index contributed by atoms with van der Waals surface area (Å²) in [5.41, 5.74) is 1.08. The Balaban J connectivity index is 2.61. The van der Waals surface area contributed by atoms with Gasteiger partial charge in [0.1, 0.15) is 0 Å². The van der Waals surface area contributed by atoms with E-state index in [0.29, 0.717) is 0 Å². The molecule has 0 aromatic carbocycles. The largest absolute Gasteiger partial charge is 0.272 e. The Labute approximate surface area is 63.0 Å². The van der Waals surface area contributed by atoms with E-state index in [4.69, 9.17) is 0 Å². The zero-order chi connectivity index (χ0) is 6.69. The van der Waals surface area contributed by atoms with E-state index >= 15 is 0 Å². The van der Waals surface area contributed by atoms with Gasteiger partial charge in [0.15, 0.2) is 0 Å². The second-order valence-corrected chi connectivity index (χ2v) is 2.70. The van der Waals surface area contributed by atoms with Crippen LogP contribution in [0.3, 0.4) is 0 Å². The Morgan fingerprint density at radius 2 is 2.56 bits per heavy atom. The van der Waals surface area contributed by atoms with Crippen molar-refractivity contribution in [2.45, 2.75) is 13.5 Å². The first-order valence-electron chi connectivity index (χ1n) is 2.89. The van der Waals surface area contributed by atoms with Gasteiger partial charge in [-0.1, -0.05) is 15.9 Å². The molecule has 1 aromatic rings. The molecular weight excluding hydrogens is 180 g/mol. The molecule has 1 rings (SSSR count). The molecule has 9 heavy (non-hydrogen) atoms. The van der Waals surface area contributed by atoms with Crippen LogP contribution >= 0.6 is 15.9 Å². The lowest BCUT2D eigenvalue weighted by molar-refractivity contribution is 0.662. The van der Waals surface area contributed by atoms with Gasteiger partial charge in [0.25, 0.3) is 0 Å². The van der Waals surface area contributed by atoms with Crippen LogP contribution in [-0.2, 0) is 6.54 Å². The highest BCUT2D eigenvalue weighted by Crippen LogP contribution is 1.93. The van der Waals surface area contributed by atoms with Crippen LogP contribution in [0.1, 0.15) is 5.69 Å². The predicted molar refractivity (Wildman–Crippen MR) is 40.8 cm³/mol. The van der Waals surface area contributed by atoms with E-state index in [1.165, 1.54) is 0 Å². The monoisotopic (exact) mass is 188 g/mol. The average Bonchev–Trinajstić information content (AvgIpc) is 2.17. The van der Waals surface area contributed by atoms with Crippen LogP contribution in [0, 0.1) is 6.92 Å². The fraction of sp³-hybridized carbons (Fsp3) is 0.500. The fourth-order valence-corrected chi connectivity index (χ4v) is 1.04. The lowest BCUT2D eigenvalue weighted by atomic mass is 10.5. The molecule has 1 heterocycles. The van der Waals surface area contributed by atoms with Crippen LogP contribution in [0.2, 0.25) is 0 Å². The molecule has 0 saturated heterocycles. The number of aromatic nitrogens is 2. The SMILES string of the molecule is Cc1ccn(CCBr)n1. The second-order valence-electron chi connectivity index (χ2n) is 1.91. The van der Waals surface area contributed by atoms with Gasteiger partial charge < -0.3 is 0 Å². The summed E-state index contributed by atoms with van der Waals surface area (Å²) in [5.74, 6) is 0. The summed E-state index contributed by atoms with van der Waals surface area (Å²) in [5, 5.41) is 5.15. The summed E-state index contributed by atoms with van der Waals surface area (Å²) >= 11 is 3.33. The van der Waals surface area contributed by atoms with Crippen molar-refractivity contribution in [2.24, 2.45) is 0 Å². The van der Waals surface area contributed by atoms with Crippen LogP contribution in [0.25, 0.3) is 0 Å². The average molecular weight is 189 g/mol. The molecule has 0 amide bonds. The smallest absolute Gasteiger partial charge is 0.0593 e. The summed E-state index contributed by atoms with van der Waals surface area (Å²) in [6.07, 6.45) is 1.98. The predicted octanol–water partition coefficient (Wildman–Crippen LogP) is 1.59. The number of nitrogens with zero attached hydrogens (tertiary/aromatic N) is 2. The van der Waals surface area contributed by atoms with Gasteiger partial charge in [-0.05, 0) is 13.0 Å². The summed E-state index contributed by atoms with van der Waals surface area (Å²) in [4.78, 5) is 0. The maximum absolute atomic E-state index is 4.19. The van der Waals surface area contributed by atoms with Gasteiger partial charge in [-0.3, -0.25) is 4.68 Å². The zero-order valence-corrected chi connectivity index (χ0v) is 6.93. The molecule has 0 fully saturated rings. The summed E-state index contributed by atoms with van der Waals surface area (Å²) < 4.78 is 1.92. The summed E-state index contributed by atoms with van der Waals surface area (Å²) in [6, 6.07) is 2.00. The standard InChI is InChI=1S/C6H9BrN2/c1-6-2-4-9(8-6)5-3-7/h2,4H,3,5H2,1H3. The summed E-state index contributed by atoms with van der Waals surface area (Å²) in [6.45, 7) is 2.94. The first kappa shape index (κ1) is 6.81. The number of rotatable bonds is 2. The molecule has 0 unspecified atom stereocenters. The van der Waals surface area contributed by atoms with E-state index in [0.717, 1.165) is 17.6 Å². The van der Waals surface area contributed by atoms with E-state index in [-0.39, 0.29) is 0 Å². The minimum Gasteiger partial charge on any atom is -0.272 e. The van der Waals surface area contributed by atoms with E-state index < -0.39 is 0 Å². The molecular formula is C6H9BrN2. The van der Waals surface area contributed by atoms with Crippen molar-refractivity contribution in [3.63, 3.8) is 0 Å². The van der Waals surface area contributed by atoms with Gasteiger partial charge in [0.05, 0.1) is 12.2 Å². The Morgan fingerprint density at radius 1 is 1.78 bits per heavy atom. The maximum atomic E-state index is 4.19. The van der Waals surface area contributed by atoms with E-state index in [9.17, 15) is 0 Å². The lowest BCUT2D eigenvalue weighted by Gasteiger charge is -1.92. The van der Waals surface area contributed by atoms with Gasteiger partial charge in [-0.2, -0.15) is 5.10 Å². The van der Waals surface area contributed by atoms with Crippen molar-refractivity contribution in [1.82, 2.24) is 9.78 Å². The highest BCUT2D eigenvalue weighted by molar-refractivity contribution is 9.09. The molecule has 0 saturated carbocycles. The Kier molecular flexibility index (Phi) is 2.28. The third-order valence-corrected chi connectivity index (χ3v) is 1.44. The molecule has 0 aliphatic heterocycles. The number of alkyl halides is 1. The molecule has 0 radical (unpaired) electrons. The van der Waals surface area contributed by atoms with Crippen molar-refractivity contribution >= 4 is 15.9 Å². The number of hydrogen-bond donors (Lipinski definition) is 0. The second kappa shape index (κ2) is 3.01. The zero-order valence-electron chi connectivity index (χ0n) is 5.34. The summed E-state index contributed by atoms with van der Waals surface area (Å²) in [7, 11) is 0. The molecule has 2 nitrogen and oxygen atoms in total. The Hall–Kier alpha value is -0.310. The van der Waals surface area contributed by atoms with Crippen molar-refractivity contribution < 1.29 is 0 Å². The molecule has 0 bridgehead atoms. The highest BCUT2D eigenvalue weighted by Gasteiger charge is 1.89. The van der Waals surface area contributed by atoms with Crippen LogP contribution < -0.4 is 0 Å². The number of aryl methyl sites for hydroxylation is 2. The molecule has 0 aliphatic carbocycles. The minimum absolute atomic E-state index is 0.952. The van der Waals surface area contributed by atoms with Gasteiger partial charge >= 0.3 is 0 Å². The quantitative estimate of drug-likeness (QED) is 0.646. The molecule has 0 spiro atoms. The Bertz CT molecular complexity index is 183. The molecule has 1 aromatic heterocycles. The van der Waals surface area contributed by atoms with Crippen molar-refractivity contribution in [3.05, 3.63) is 18.0 Å². The molecule has 0 atom stereocenters. The third-order valence-electron chi connectivity index (χ3n) is 1.09. The molecule has 0 aliphatic rings. The van der Waals surface area contributed by atoms with Crippen molar-refractivity contribution in [1.29, 1.82) is 0 Å². The van der Waals surface area contributed by atoms with E-state index in [1.807, 2.05) is 23.9 Å². The molecule has 3 heteroatoms. The highest BCUT2D eigenvalue weighted by atomic mass is 79.9. The minimum atomic E-state index is 0.952. The van der Waals surface area contributed by atoms with Crippen LogP contribution in [0.5, 0.6) is 0 Å². The van der Waals surface area contributed by atoms with Crippen LogP contribution in [0.4, 0.5) is 0 Å². The van der Waals surface area contributed by atoms with Gasteiger partial charge in [0.2, 0.25) is 0 Å². The van der Waals surface area contributed by atoms with Crippen LogP contribution in [0.15, 0.2) is 12.3 Å². The topological polar surface area (TPSA) is 17.8 Å². The van der Waals surface area contributed by atoms with E-state index in [2.05, 4.69) is 21.0 Å². The van der Waals surface area contributed by atoms with Gasteiger partial charge in [-0.15, -0.1) is 0 Å². The normalized spacial score (nSPS) is 10.0. The fourth-order valence-electron chi connectivity index (χ4n) is 0.674. The van der Waals surface area contributed by atoms with Gasteiger partial charge in [0, 0.05) is 11.5 Å². The lowest BCUT2D eigenvalue weighted by Crippen LogP contribution is -1.98. The third kappa shape index (κ3) is 1.82. The van der Waals surface area contributed by atoms with Crippen LogP contribution in [-0.4, -0.2) is 15.1 Å². The number of halogens is 1. The van der Waals surface area contributed by atoms with E-state index in [1.54, 1.807) is 0 Å². The van der Waals surface area contributed by atoms with Crippen molar-refractivity contribution in [3.8, 4) is 0 Å².